The van der Waals surface area contributed by atoms with E-state index in [0.717, 1.165) is 0 Å². The number of nitrogens with one attached hydrogen (secondary N) is 1. The first kappa shape index (κ1) is 15.0. The van der Waals surface area contributed by atoms with Gasteiger partial charge in [0.05, 0.1) is 24.7 Å². The number of aryl methyl sites for hydroxylation is 1. The monoisotopic (exact) mass is 276 g/mol. The highest BCUT2D eigenvalue weighted by Crippen LogP contribution is 2.27. The fourth-order valence-corrected chi connectivity index (χ4v) is 2.33. The van der Waals surface area contributed by atoms with Crippen LogP contribution in [0, 0.1) is 12.3 Å². The summed E-state index contributed by atoms with van der Waals surface area (Å²) in [6.45, 7) is 5.69. The van der Waals surface area contributed by atoms with Crippen molar-refractivity contribution in [2.45, 2.75) is 19.9 Å². The van der Waals surface area contributed by atoms with E-state index in [0.29, 0.717) is 19.8 Å². The maximum atomic E-state index is 12.1. The molecular formula is C16H24N2O2. The molecule has 0 radical (unpaired) electrons. The van der Waals surface area contributed by atoms with Gasteiger partial charge >= 0.3 is 0 Å². The highest BCUT2D eigenvalue weighted by molar-refractivity contribution is 5.83. The van der Waals surface area contributed by atoms with E-state index in [1.807, 2.05) is 21.0 Å². The van der Waals surface area contributed by atoms with Gasteiger partial charge in [-0.1, -0.05) is 29.8 Å². The van der Waals surface area contributed by atoms with Crippen LogP contribution in [-0.4, -0.2) is 44.7 Å². The molecule has 0 saturated carbocycles. The average Bonchev–Trinajstić information content (AvgIpc) is 2.37. The molecule has 4 nitrogen and oxygen atoms in total. The van der Waals surface area contributed by atoms with Crippen LogP contribution < -0.4 is 5.32 Å². The number of nitrogens with zero attached hydrogens (tertiary/aromatic N) is 1. The number of ether oxygens (including phenoxy) is 1. The van der Waals surface area contributed by atoms with Crippen molar-refractivity contribution >= 4 is 5.91 Å². The predicted molar refractivity (Wildman–Crippen MR) is 79.5 cm³/mol. The standard InChI is InChI=1S/C16H24N2O2/c1-12-5-7-13(8-6-12)14(18(3)4)9-17-15(19)16(2)10-20-11-16/h5-8,14H,9-11H2,1-4H3,(H,17,19)/t14-/m0/s1. The first-order chi connectivity index (χ1) is 9.42. The second kappa shape index (κ2) is 5.94. The van der Waals surface area contributed by atoms with Gasteiger partial charge in [0, 0.05) is 6.54 Å². The Balaban J connectivity index is 1.99. The molecule has 2 rings (SSSR count). The van der Waals surface area contributed by atoms with Crippen LogP contribution in [0.2, 0.25) is 0 Å². The molecule has 110 valence electrons. The van der Waals surface area contributed by atoms with E-state index in [1.165, 1.54) is 11.1 Å². The average molecular weight is 276 g/mol. The minimum Gasteiger partial charge on any atom is -0.379 e. The number of carbonyl (C=O) groups excluding carboxylic acids is 1. The van der Waals surface area contributed by atoms with Gasteiger partial charge in [0.15, 0.2) is 0 Å². The van der Waals surface area contributed by atoms with Crippen molar-refractivity contribution in [3.8, 4) is 0 Å². The van der Waals surface area contributed by atoms with E-state index in [2.05, 4.69) is 41.4 Å². The zero-order valence-electron chi connectivity index (χ0n) is 12.8. The van der Waals surface area contributed by atoms with Gasteiger partial charge in [0.2, 0.25) is 5.91 Å². The summed E-state index contributed by atoms with van der Waals surface area (Å²) >= 11 is 0. The van der Waals surface area contributed by atoms with Crippen LogP contribution in [-0.2, 0) is 9.53 Å². The minimum absolute atomic E-state index is 0.0858. The molecule has 1 amide bonds. The number of hydrogen-bond donors (Lipinski definition) is 1. The van der Waals surface area contributed by atoms with Gasteiger partial charge in [-0.15, -0.1) is 0 Å². The van der Waals surface area contributed by atoms with Crippen LogP contribution in [0.4, 0.5) is 0 Å². The first-order valence-corrected chi connectivity index (χ1v) is 7.01. The lowest BCUT2D eigenvalue weighted by Gasteiger charge is -2.37. The normalized spacial score (nSPS) is 18.4. The van der Waals surface area contributed by atoms with Crippen molar-refractivity contribution in [3.05, 3.63) is 35.4 Å². The van der Waals surface area contributed by atoms with E-state index in [9.17, 15) is 4.79 Å². The molecule has 1 atom stereocenters. The molecule has 0 aliphatic carbocycles. The third-order valence-electron chi connectivity index (χ3n) is 3.93. The molecule has 4 heteroatoms. The van der Waals surface area contributed by atoms with E-state index < -0.39 is 0 Å². The lowest BCUT2D eigenvalue weighted by atomic mass is 9.87. The van der Waals surface area contributed by atoms with Crippen molar-refractivity contribution in [1.82, 2.24) is 10.2 Å². The third kappa shape index (κ3) is 3.19. The molecule has 1 heterocycles. The summed E-state index contributed by atoms with van der Waals surface area (Å²) in [6.07, 6.45) is 0. The Bertz CT molecular complexity index is 464. The second-order valence-corrected chi connectivity index (χ2v) is 6.15. The summed E-state index contributed by atoms with van der Waals surface area (Å²) < 4.78 is 5.14. The topological polar surface area (TPSA) is 41.6 Å². The third-order valence-corrected chi connectivity index (χ3v) is 3.93. The first-order valence-electron chi connectivity index (χ1n) is 7.01. The van der Waals surface area contributed by atoms with Crippen LogP contribution in [0.1, 0.15) is 24.1 Å². The largest absolute Gasteiger partial charge is 0.379 e. The summed E-state index contributed by atoms with van der Waals surface area (Å²) in [5.41, 5.74) is 2.12. The Morgan fingerprint density at radius 3 is 2.40 bits per heavy atom. The zero-order chi connectivity index (χ0) is 14.8. The van der Waals surface area contributed by atoms with E-state index in [1.54, 1.807) is 0 Å². The number of amides is 1. The molecule has 1 aliphatic heterocycles. The van der Waals surface area contributed by atoms with Gasteiger partial charge in [-0.25, -0.2) is 0 Å². The molecule has 0 spiro atoms. The number of hydrogen-bond acceptors (Lipinski definition) is 3. The zero-order valence-corrected chi connectivity index (χ0v) is 12.8. The van der Waals surface area contributed by atoms with E-state index in [-0.39, 0.29) is 17.4 Å². The van der Waals surface area contributed by atoms with Crippen LogP contribution in [0.3, 0.4) is 0 Å². The Kier molecular flexibility index (Phi) is 4.45. The molecule has 1 aromatic carbocycles. The Morgan fingerprint density at radius 1 is 1.35 bits per heavy atom. The molecule has 1 saturated heterocycles. The van der Waals surface area contributed by atoms with Gasteiger partial charge in [0.25, 0.3) is 0 Å². The lowest BCUT2D eigenvalue weighted by Crippen LogP contribution is -2.53. The van der Waals surface area contributed by atoms with Crippen LogP contribution in [0.25, 0.3) is 0 Å². The molecule has 1 fully saturated rings. The number of rotatable bonds is 5. The maximum Gasteiger partial charge on any atom is 0.230 e. The lowest BCUT2D eigenvalue weighted by molar-refractivity contribution is -0.157. The number of likely N-dealkylation sites (N-methyl/N-ethyl adjacent to an activating group) is 1. The maximum absolute atomic E-state index is 12.1. The van der Waals surface area contributed by atoms with Crippen molar-refractivity contribution in [2.75, 3.05) is 33.9 Å². The Morgan fingerprint density at radius 2 is 1.95 bits per heavy atom. The Labute approximate surface area is 121 Å². The summed E-state index contributed by atoms with van der Waals surface area (Å²) in [7, 11) is 4.07. The minimum atomic E-state index is -0.343. The van der Waals surface area contributed by atoms with Gasteiger partial charge in [0.1, 0.15) is 0 Å². The molecule has 1 aromatic rings. The molecular weight excluding hydrogens is 252 g/mol. The van der Waals surface area contributed by atoms with Gasteiger partial charge in [-0.05, 0) is 33.5 Å². The summed E-state index contributed by atoms with van der Waals surface area (Å²) in [5.74, 6) is 0.0858. The second-order valence-electron chi connectivity index (χ2n) is 6.15. The smallest absolute Gasteiger partial charge is 0.230 e. The summed E-state index contributed by atoms with van der Waals surface area (Å²) in [6, 6.07) is 8.65. The molecule has 20 heavy (non-hydrogen) atoms. The summed E-state index contributed by atoms with van der Waals surface area (Å²) in [5, 5.41) is 3.06. The molecule has 1 aliphatic rings. The predicted octanol–water partition coefficient (Wildman–Crippen LogP) is 1.75. The van der Waals surface area contributed by atoms with Gasteiger partial charge in [-0.3, -0.25) is 4.79 Å². The van der Waals surface area contributed by atoms with Gasteiger partial charge < -0.3 is 15.0 Å². The van der Waals surface area contributed by atoms with Gasteiger partial charge in [-0.2, -0.15) is 0 Å². The van der Waals surface area contributed by atoms with Crippen LogP contribution in [0.5, 0.6) is 0 Å². The fourth-order valence-electron chi connectivity index (χ4n) is 2.33. The van der Waals surface area contributed by atoms with E-state index >= 15 is 0 Å². The van der Waals surface area contributed by atoms with Crippen molar-refractivity contribution in [3.63, 3.8) is 0 Å². The van der Waals surface area contributed by atoms with Crippen LogP contribution in [0.15, 0.2) is 24.3 Å². The van der Waals surface area contributed by atoms with Crippen molar-refractivity contribution in [1.29, 1.82) is 0 Å². The Hall–Kier alpha value is -1.39. The quantitative estimate of drug-likeness (QED) is 0.891. The highest BCUT2D eigenvalue weighted by Gasteiger charge is 2.41. The molecule has 1 N–H and O–H groups in total. The summed E-state index contributed by atoms with van der Waals surface area (Å²) in [4.78, 5) is 14.3. The molecule has 0 unspecified atom stereocenters. The highest BCUT2D eigenvalue weighted by atomic mass is 16.5. The molecule has 0 bridgehead atoms. The SMILES string of the molecule is Cc1ccc([C@H](CNC(=O)C2(C)COC2)N(C)C)cc1. The fraction of sp³-hybridized carbons (Fsp3) is 0.562. The number of benzene rings is 1. The van der Waals surface area contributed by atoms with Crippen molar-refractivity contribution < 1.29 is 9.53 Å². The molecule has 0 aromatic heterocycles. The van der Waals surface area contributed by atoms with Crippen molar-refractivity contribution in [2.24, 2.45) is 5.41 Å². The van der Waals surface area contributed by atoms with Crippen LogP contribution >= 0.6 is 0 Å². The number of carbonyl (C=O) groups is 1. The van der Waals surface area contributed by atoms with E-state index in [4.69, 9.17) is 4.74 Å².